The van der Waals surface area contributed by atoms with Crippen molar-refractivity contribution in [3.8, 4) is 11.5 Å². The third-order valence-corrected chi connectivity index (χ3v) is 2.52. The molecule has 2 rings (SSSR count). The highest BCUT2D eigenvalue weighted by atomic mass is 19.1. The van der Waals surface area contributed by atoms with E-state index in [0.717, 1.165) is 5.56 Å². The zero-order chi connectivity index (χ0) is 13.0. The summed E-state index contributed by atoms with van der Waals surface area (Å²) in [4.78, 5) is 0. The van der Waals surface area contributed by atoms with Gasteiger partial charge in [0.25, 0.3) is 0 Å². The van der Waals surface area contributed by atoms with Gasteiger partial charge in [0.15, 0.2) is 0 Å². The van der Waals surface area contributed by atoms with Gasteiger partial charge < -0.3 is 15.6 Å². The third-order valence-electron chi connectivity index (χ3n) is 2.52. The molecule has 2 aromatic rings. The lowest BCUT2D eigenvalue weighted by molar-refractivity contribution is 0.289. The van der Waals surface area contributed by atoms with Crippen LogP contribution in [0.4, 0.5) is 4.39 Å². The van der Waals surface area contributed by atoms with Gasteiger partial charge >= 0.3 is 0 Å². The van der Waals surface area contributed by atoms with Gasteiger partial charge in [0.2, 0.25) is 0 Å². The third kappa shape index (κ3) is 3.21. The predicted molar refractivity (Wildman–Crippen MR) is 66.9 cm³/mol. The number of hydrogen-bond acceptors (Lipinski definition) is 3. The molecule has 1 unspecified atom stereocenters. The Kier molecular flexibility index (Phi) is 3.79. The summed E-state index contributed by atoms with van der Waals surface area (Å²) in [7, 11) is 0. The highest BCUT2D eigenvalue weighted by Crippen LogP contribution is 2.18. The summed E-state index contributed by atoms with van der Waals surface area (Å²) in [5, 5.41) is 9.34. The maximum absolute atomic E-state index is 12.9. The molecule has 0 saturated heterocycles. The standard InChI is InChI=1S/C14H14FNO2/c15-11-4-2-6-13(8-11)18-9-14(16)10-3-1-5-12(17)7-10/h1-8,14,17H,9,16H2. The van der Waals surface area contributed by atoms with Gasteiger partial charge in [-0.2, -0.15) is 0 Å². The lowest BCUT2D eigenvalue weighted by Crippen LogP contribution is -2.18. The average Bonchev–Trinajstić information content (AvgIpc) is 2.36. The number of halogens is 1. The van der Waals surface area contributed by atoms with E-state index < -0.39 is 0 Å². The van der Waals surface area contributed by atoms with Crippen molar-refractivity contribution < 1.29 is 14.2 Å². The monoisotopic (exact) mass is 247 g/mol. The fourth-order valence-corrected chi connectivity index (χ4v) is 1.59. The Balaban J connectivity index is 1.98. The van der Waals surface area contributed by atoms with Gasteiger partial charge in [-0.05, 0) is 29.8 Å². The van der Waals surface area contributed by atoms with Gasteiger partial charge in [0.1, 0.15) is 23.9 Å². The second-order valence-electron chi connectivity index (χ2n) is 3.97. The molecular weight excluding hydrogens is 233 g/mol. The van der Waals surface area contributed by atoms with E-state index in [1.54, 1.807) is 36.4 Å². The Morgan fingerprint density at radius 3 is 2.67 bits per heavy atom. The van der Waals surface area contributed by atoms with Crippen LogP contribution in [0, 0.1) is 5.82 Å². The first-order valence-corrected chi connectivity index (χ1v) is 5.58. The number of rotatable bonds is 4. The van der Waals surface area contributed by atoms with Crippen LogP contribution < -0.4 is 10.5 Å². The number of aromatic hydroxyl groups is 1. The largest absolute Gasteiger partial charge is 0.508 e. The molecule has 0 amide bonds. The highest BCUT2D eigenvalue weighted by Gasteiger charge is 2.07. The van der Waals surface area contributed by atoms with Crippen molar-refractivity contribution in [2.75, 3.05) is 6.61 Å². The fourth-order valence-electron chi connectivity index (χ4n) is 1.59. The summed E-state index contributed by atoms with van der Waals surface area (Å²) in [6, 6.07) is 12.2. The Morgan fingerprint density at radius 1 is 1.17 bits per heavy atom. The Bertz CT molecular complexity index is 531. The molecule has 0 aliphatic carbocycles. The molecule has 18 heavy (non-hydrogen) atoms. The Labute approximate surface area is 105 Å². The molecule has 0 aliphatic rings. The summed E-state index contributed by atoms with van der Waals surface area (Å²) < 4.78 is 18.3. The number of benzene rings is 2. The van der Waals surface area contributed by atoms with Crippen LogP contribution in [0.15, 0.2) is 48.5 Å². The Morgan fingerprint density at radius 2 is 1.94 bits per heavy atom. The molecule has 0 aliphatic heterocycles. The molecule has 0 heterocycles. The summed E-state index contributed by atoms with van der Waals surface area (Å²) in [5.74, 6) is 0.248. The van der Waals surface area contributed by atoms with Crippen molar-refractivity contribution in [3.63, 3.8) is 0 Å². The number of ether oxygens (including phenoxy) is 1. The van der Waals surface area contributed by atoms with Crippen LogP contribution in [0.5, 0.6) is 11.5 Å². The normalized spacial score (nSPS) is 12.1. The molecule has 3 nitrogen and oxygen atoms in total. The molecule has 3 N–H and O–H groups in total. The molecule has 2 aromatic carbocycles. The quantitative estimate of drug-likeness (QED) is 0.873. The van der Waals surface area contributed by atoms with Gasteiger partial charge in [-0.1, -0.05) is 18.2 Å². The van der Waals surface area contributed by atoms with E-state index in [2.05, 4.69) is 0 Å². The van der Waals surface area contributed by atoms with Gasteiger partial charge in [0.05, 0.1) is 6.04 Å². The number of nitrogens with two attached hydrogens (primary N) is 1. The predicted octanol–water partition coefficient (Wildman–Crippen LogP) is 2.61. The molecule has 0 fully saturated rings. The summed E-state index contributed by atoms with van der Waals surface area (Å²) in [6.45, 7) is 0.215. The van der Waals surface area contributed by atoms with Crippen LogP contribution in [-0.4, -0.2) is 11.7 Å². The zero-order valence-electron chi connectivity index (χ0n) is 9.71. The van der Waals surface area contributed by atoms with Crippen LogP contribution in [0.3, 0.4) is 0 Å². The molecule has 0 saturated carbocycles. The lowest BCUT2D eigenvalue weighted by atomic mass is 10.1. The first-order valence-electron chi connectivity index (χ1n) is 5.58. The average molecular weight is 247 g/mol. The molecule has 0 radical (unpaired) electrons. The van der Waals surface area contributed by atoms with Gasteiger partial charge in [-0.3, -0.25) is 0 Å². The minimum atomic E-state index is -0.375. The fraction of sp³-hybridized carbons (Fsp3) is 0.143. The lowest BCUT2D eigenvalue weighted by Gasteiger charge is -2.13. The first kappa shape index (κ1) is 12.4. The van der Waals surface area contributed by atoms with Gasteiger partial charge in [0, 0.05) is 6.07 Å². The van der Waals surface area contributed by atoms with Crippen LogP contribution >= 0.6 is 0 Å². The summed E-state index contributed by atoms with van der Waals surface area (Å²) >= 11 is 0. The van der Waals surface area contributed by atoms with E-state index in [9.17, 15) is 9.50 Å². The molecule has 94 valence electrons. The van der Waals surface area contributed by atoms with Crippen molar-refractivity contribution in [1.29, 1.82) is 0 Å². The zero-order valence-corrected chi connectivity index (χ0v) is 9.71. The van der Waals surface area contributed by atoms with Crippen LogP contribution in [0.25, 0.3) is 0 Å². The second-order valence-corrected chi connectivity index (χ2v) is 3.97. The van der Waals surface area contributed by atoms with Crippen LogP contribution in [0.1, 0.15) is 11.6 Å². The maximum atomic E-state index is 12.9. The van der Waals surface area contributed by atoms with E-state index in [-0.39, 0.29) is 24.2 Å². The molecular formula is C14H14FNO2. The topological polar surface area (TPSA) is 55.5 Å². The van der Waals surface area contributed by atoms with E-state index in [1.807, 2.05) is 0 Å². The minimum absolute atomic E-state index is 0.161. The maximum Gasteiger partial charge on any atom is 0.126 e. The van der Waals surface area contributed by atoms with E-state index in [0.29, 0.717) is 5.75 Å². The molecule has 4 heteroatoms. The van der Waals surface area contributed by atoms with Crippen molar-refractivity contribution in [3.05, 3.63) is 59.9 Å². The number of phenols is 1. The number of phenolic OH excluding ortho intramolecular Hbond substituents is 1. The Hall–Kier alpha value is -2.07. The first-order chi connectivity index (χ1) is 8.65. The van der Waals surface area contributed by atoms with E-state index >= 15 is 0 Å². The summed E-state index contributed by atoms with van der Waals surface area (Å²) in [5.41, 5.74) is 6.69. The number of hydrogen-bond donors (Lipinski definition) is 2. The molecule has 0 bridgehead atoms. The molecule has 0 aromatic heterocycles. The van der Waals surface area contributed by atoms with Crippen molar-refractivity contribution in [1.82, 2.24) is 0 Å². The van der Waals surface area contributed by atoms with E-state index in [4.69, 9.17) is 10.5 Å². The highest BCUT2D eigenvalue weighted by molar-refractivity contribution is 5.29. The summed E-state index contributed by atoms with van der Waals surface area (Å²) in [6.07, 6.45) is 0. The van der Waals surface area contributed by atoms with Crippen molar-refractivity contribution in [2.24, 2.45) is 5.73 Å². The van der Waals surface area contributed by atoms with Gasteiger partial charge in [-0.25, -0.2) is 4.39 Å². The van der Waals surface area contributed by atoms with Crippen molar-refractivity contribution in [2.45, 2.75) is 6.04 Å². The smallest absolute Gasteiger partial charge is 0.126 e. The minimum Gasteiger partial charge on any atom is -0.508 e. The van der Waals surface area contributed by atoms with E-state index in [1.165, 1.54) is 12.1 Å². The molecule has 1 atom stereocenters. The van der Waals surface area contributed by atoms with Crippen molar-refractivity contribution >= 4 is 0 Å². The molecule has 0 spiro atoms. The van der Waals surface area contributed by atoms with Crippen LogP contribution in [0.2, 0.25) is 0 Å². The SMILES string of the molecule is NC(COc1cccc(F)c1)c1cccc(O)c1. The van der Waals surface area contributed by atoms with Gasteiger partial charge in [-0.15, -0.1) is 0 Å². The van der Waals surface area contributed by atoms with Crippen LogP contribution in [-0.2, 0) is 0 Å². The second kappa shape index (κ2) is 5.51.